The van der Waals surface area contributed by atoms with Gasteiger partial charge in [-0.25, -0.2) is 9.78 Å². The number of urea groups is 1. The first-order valence-electron chi connectivity index (χ1n) is 12.3. The molecule has 7 N–H and O–H groups in total. The summed E-state index contributed by atoms with van der Waals surface area (Å²) < 4.78 is 0.914. The Morgan fingerprint density at radius 1 is 0.975 bits per heavy atom. The molecule has 0 radical (unpaired) electrons. The van der Waals surface area contributed by atoms with Crippen molar-refractivity contribution in [3.05, 3.63) is 101 Å². The number of hydrogen-bond donors (Lipinski definition) is 5. The number of benzene rings is 2. The van der Waals surface area contributed by atoms with E-state index in [1.807, 2.05) is 47.8 Å². The van der Waals surface area contributed by atoms with Crippen molar-refractivity contribution < 1.29 is 9.59 Å². The van der Waals surface area contributed by atoms with Crippen LogP contribution in [0, 0.1) is 11.8 Å². The van der Waals surface area contributed by atoms with Crippen LogP contribution in [-0.2, 0) is 6.54 Å². The Morgan fingerprint density at radius 2 is 1.75 bits per heavy atom. The van der Waals surface area contributed by atoms with Gasteiger partial charge in [-0.05, 0) is 52.9 Å². The Hall–Kier alpha value is -5.24. The number of amides is 3. The molecular formula is C30H25N7O2S. The molecule has 3 amide bonds. The van der Waals surface area contributed by atoms with Crippen LogP contribution < -0.4 is 27.4 Å². The molecule has 0 atom stereocenters. The number of nitrogen functional groups attached to an aromatic ring is 1. The summed E-state index contributed by atoms with van der Waals surface area (Å²) in [6.07, 6.45) is 4.78. The van der Waals surface area contributed by atoms with Crippen LogP contribution in [-0.4, -0.2) is 28.5 Å². The molecule has 0 aliphatic rings. The number of carbonyl (C=O) groups excluding carboxylic acids is 2. The standard InChI is InChI=1S/C30H25N7O2S/c31-16-19-3-1-5-24(15-19)37-30(39)36-23-8-6-20(7-9-23)25-18-40-27-22(17-35-28(32)26(25)27)4-2-12-34-29(38)21-10-13-33-14-11-21/h1,3,5-11,13-15,17-18H,12,16,31H2,(H2,32,35)(H,34,38)(H2,36,37,39). The van der Waals surface area contributed by atoms with Gasteiger partial charge in [-0.3, -0.25) is 9.78 Å². The van der Waals surface area contributed by atoms with Crippen molar-refractivity contribution in [2.24, 2.45) is 5.73 Å². The second-order valence-corrected chi connectivity index (χ2v) is 9.57. The van der Waals surface area contributed by atoms with Crippen molar-refractivity contribution in [3.8, 4) is 23.0 Å². The van der Waals surface area contributed by atoms with Crippen LogP contribution in [0.15, 0.2) is 84.6 Å². The quantitative estimate of drug-likeness (QED) is 0.192. The van der Waals surface area contributed by atoms with Gasteiger partial charge < -0.3 is 27.4 Å². The molecule has 3 heterocycles. The maximum Gasteiger partial charge on any atom is 0.323 e. The Kier molecular flexibility index (Phi) is 7.97. The summed E-state index contributed by atoms with van der Waals surface area (Å²) >= 11 is 1.52. The molecule has 0 saturated carbocycles. The maximum absolute atomic E-state index is 12.5. The summed E-state index contributed by atoms with van der Waals surface area (Å²) in [6.45, 7) is 0.584. The molecule has 10 heteroatoms. The predicted octanol–water partition coefficient (Wildman–Crippen LogP) is 4.82. The smallest absolute Gasteiger partial charge is 0.323 e. The lowest BCUT2D eigenvalue weighted by Crippen LogP contribution is -2.23. The molecular weight excluding hydrogens is 522 g/mol. The van der Waals surface area contributed by atoms with Crippen molar-refractivity contribution in [1.82, 2.24) is 15.3 Å². The first-order valence-corrected chi connectivity index (χ1v) is 13.2. The highest BCUT2D eigenvalue weighted by molar-refractivity contribution is 7.18. The van der Waals surface area contributed by atoms with E-state index in [1.165, 1.54) is 11.3 Å². The molecule has 5 rings (SSSR count). The van der Waals surface area contributed by atoms with Crippen molar-refractivity contribution >= 4 is 50.6 Å². The minimum atomic E-state index is -0.350. The van der Waals surface area contributed by atoms with E-state index in [1.54, 1.807) is 36.8 Å². The second-order valence-electron chi connectivity index (χ2n) is 8.69. The van der Waals surface area contributed by atoms with Gasteiger partial charge in [-0.1, -0.05) is 36.1 Å². The van der Waals surface area contributed by atoms with Crippen molar-refractivity contribution in [1.29, 1.82) is 0 Å². The van der Waals surface area contributed by atoms with Crippen molar-refractivity contribution in [2.45, 2.75) is 6.54 Å². The Balaban J connectivity index is 1.28. The van der Waals surface area contributed by atoms with Gasteiger partial charge in [-0.2, -0.15) is 0 Å². The molecule has 40 heavy (non-hydrogen) atoms. The third-order valence-corrected chi connectivity index (χ3v) is 7.02. The van der Waals surface area contributed by atoms with Crippen LogP contribution in [0.25, 0.3) is 21.2 Å². The number of fused-ring (bicyclic) bond motifs is 1. The van der Waals surface area contributed by atoms with E-state index in [0.717, 1.165) is 32.3 Å². The average Bonchev–Trinajstić information content (AvgIpc) is 3.43. The summed E-state index contributed by atoms with van der Waals surface area (Å²) in [7, 11) is 0. The third kappa shape index (κ3) is 6.07. The van der Waals surface area contributed by atoms with E-state index >= 15 is 0 Å². The molecule has 0 spiro atoms. The zero-order valence-electron chi connectivity index (χ0n) is 21.3. The number of anilines is 3. The zero-order valence-corrected chi connectivity index (χ0v) is 22.1. The maximum atomic E-state index is 12.5. The number of thiophene rings is 1. The third-order valence-electron chi connectivity index (χ3n) is 6.00. The fourth-order valence-electron chi connectivity index (χ4n) is 4.04. The largest absolute Gasteiger partial charge is 0.383 e. The molecule has 5 aromatic rings. The monoisotopic (exact) mass is 547 g/mol. The van der Waals surface area contributed by atoms with Gasteiger partial charge in [0.1, 0.15) is 5.82 Å². The van der Waals surface area contributed by atoms with E-state index in [-0.39, 0.29) is 18.5 Å². The lowest BCUT2D eigenvalue weighted by Gasteiger charge is -2.09. The SMILES string of the molecule is NCc1cccc(NC(=O)Nc2ccc(-c3csc4c(C#CCNC(=O)c5ccncc5)cnc(N)c34)cc2)c1. The van der Waals surface area contributed by atoms with Crippen LogP contribution >= 0.6 is 11.3 Å². The fraction of sp³-hybridized carbons (Fsp3) is 0.0667. The zero-order chi connectivity index (χ0) is 27.9. The minimum Gasteiger partial charge on any atom is -0.383 e. The van der Waals surface area contributed by atoms with E-state index in [2.05, 4.69) is 37.8 Å². The Morgan fingerprint density at radius 3 is 2.52 bits per heavy atom. The highest BCUT2D eigenvalue weighted by atomic mass is 32.1. The normalized spacial score (nSPS) is 10.4. The number of aromatic nitrogens is 2. The lowest BCUT2D eigenvalue weighted by molar-refractivity contribution is 0.0958. The topological polar surface area (TPSA) is 148 Å². The van der Waals surface area contributed by atoms with Crippen LogP contribution in [0.2, 0.25) is 0 Å². The van der Waals surface area contributed by atoms with Gasteiger partial charge in [0, 0.05) is 53.0 Å². The average molecular weight is 548 g/mol. The van der Waals surface area contributed by atoms with Gasteiger partial charge in [-0.15, -0.1) is 11.3 Å². The molecule has 3 aromatic heterocycles. The summed E-state index contributed by atoms with van der Waals surface area (Å²) in [5, 5.41) is 11.3. The number of pyridine rings is 2. The molecule has 0 fully saturated rings. The highest BCUT2D eigenvalue weighted by Crippen LogP contribution is 2.38. The second kappa shape index (κ2) is 12.1. The Bertz CT molecular complexity index is 1740. The highest BCUT2D eigenvalue weighted by Gasteiger charge is 2.14. The van der Waals surface area contributed by atoms with Crippen molar-refractivity contribution in [2.75, 3.05) is 22.9 Å². The van der Waals surface area contributed by atoms with E-state index in [0.29, 0.717) is 29.3 Å². The molecule has 0 aliphatic carbocycles. The summed E-state index contributed by atoms with van der Waals surface area (Å²) in [6, 6.07) is 17.8. The number of carbonyl (C=O) groups is 2. The molecule has 0 unspecified atom stereocenters. The van der Waals surface area contributed by atoms with Crippen LogP contribution in [0.4, 0.5) is 22.0 Å². The van der Waals surface area contributed by atoms with E-state index < -0.39 is 0 Å². The number of rotatable bonds is 6. The van der Waals surface area contributed by atoms with Crippen molar-refractivity contribution in [3.63, 3.8) is 0 Å². The minimum absolute atomic E-state index is 0.186. The molecule has 9 nitrogen and oxygen atoms in total. The summed E-state index contributed by atoms with van der Waals surface area (Å²) in [4.78, 5) is 32.9. The summed E-state index contributed by atoms with van der Waals surface area (Å²) in [5.41, 5.74) is 17.3. The predicted molar refractivity (Wildman–Crippen MR) is 160 cm³/mol. The molecule has 2 aromatic carbocycles. The lowest BCUT2D eigenvalue weighted by atomic mass is 10.0. The van der Waals surface area contributed by atoms with Gasteiger partial charge in [0.15, 0.2) is 0 Å². The van der Waals surface area contributed by atoms with Crippen LogP contribution in [0.3, 0.4) is 0 Å². The molecule has 0 bridgehead atoms. The number of nitrogens with one attached hydrogen (secondary N) is 3. The van der Waals surface area contributed by atoms with E-state index in [9.17, 15) is 9.59 Å². The van der Waals surface area contributed by atoms with Gasteiger partial charge in [0.05, 0.1) is 16.8 Å². The fourth-order valence-corrected chi connectivity index (χ4v) is 5.09. The van der Waals surface area contributed by atoms with E-state index in [4.69, 9.17) is 11.5 Å². The molecule has 0 aliphatic heterocycles. The van der Waals surface area contributed by atoms with Gasteiger partial charge >= 0.3 is 6.03 Å². The van der Waals surface area contributed by atoms with Crippen LogP contribution in [0.5, 0.6) is 0 Å². The van der Waals surface area contributed by atoms with Gasteiger partial charge in [0.25, 0.3) is 5.91 Å². The first-order chi connectivity index (χ1) is 19.5. The van der Waals surface area contributed by atoms with Gasteiger partial charge in [0.2, 0.25) is 0 Å². The Labute approximate surface area is 234 Å². The number of nitrogens with two attached hydrogens (primary N) is 2. The number of nitrogens with zero attached hydrogens (tertiary/aromatic N) is 2. The summed E-state index contributed by atoms with van der Waals surface area (Å²) in [5.74, 6) is 6.28. The molecule has 0 saturated heterocycles. The van der Waals surface area contributed by atoms with Crippen LogP contribution in [0.1, 0.15) is 21.5 Å². The molecule has 198 valence electrons. The number of hydrogen-bond acceptors (Lipinski definition) is 7. The first kappa shape index (κ1) is 26.4.